The largest absolute Gasteiger partial charge is 0.386 e. The smallest absolute Gasteiger partial charge is 0.348 e. The van der Waals surface area contributed by atoms with Crippen molar-refractivity contribution in [3.8, 4) is 6.07 Å². The van der Waals surface area contributed by atoms with Gasteiger partial charge in [0.1, 0.15) is 6.07 Å². The van der Waals surface area contributed by atoms with Gasteiger partial charge in [0.25, 0.3) is 0 Å². The Hall–Kier alpha value is -3.53. The summed E-state index contributed by atoms with van der Waals surface area (Å²) in [5.74, 6) is -3.67. The SMILES string of the molecule is N#Cc1cc2c3c(ccc4c3c1C(=O)OC4=O)C(=O)OC2=O. The average molecular weight is 293 g/mol. The molecule has 4 rings (SSSR count). The van der Waals surface area contributed by atoms with E-state index in [1.54, 1.807) is 6.07 Å². The Kier molecular flexibility index (Phi) is 2.09. The lowest BCUT2D eigenvalue weighted by Crippen LogP contribution is -2.26. The number of rotatable bonds is 0. The van der Waals surface area contributed by atoms with Crippen molar-refractivity contribution in [1.29, 1.82) is 5.26 Å². The molecule has 0 saturated carbocycles. The summed E-state index contributed by atoms with van der Waals surface area (Å²) < 4.78 is 9.20. The number of carbonyl (C=O) groups is 4. The molecule has 0 radical (unpaired) electrons. The second kappa shape index (κ2) is 3.77. The molecule has 0 N–H and O–H groups in total. The Balaban J connectivity index is 2.34. The molecule has 2 aliphatic rings. The van der Waals surface area contributed by atoms with Crippen molar-refractivity contribution in [1.82, 2.24) is 0 Å². The lowest BCUT2D eigenvalue weighted by Gasteiger charge is -2.22. The maximum Gasteiger partial charge on any atom is 0.348 e. The number of ether oxygens (including phenoxy) is 2. The van der Waals surface area contributed by atoms with E-state index in [1.807, 2.05) is 0 Å². The number of hydrogen-bond acceptors (Lipinski definition) is 7. The Morgan fingerprint density at radius 2 is 1.32 bits per heavy atom. The van der Waals surface area contributed by atoms with Gasteiger partial charge in [-0.15, -0.1) is 0 Å². The van der Waals surface area contributed by atoms with E-state index in [0.29, 0.717) is 0 Å². The minimum absolute atomic E-state index is 0.0224. The van der Waals surface area contributed by atoms with Gasteiger partial charge in [-0.25, -0.2) is 19.2 Å². The van der Waals surface area contributed by atoms with Crippen LogP contribution < -0.4 is 0 Å². The molecule has 2 aromatic rings. The Labute approximate surface area is 121 Å². The Morgan fingerprint density at radius 3 is 1.95 bits per heavy atom. The topological polar surface area (TPSA) is 111 Å². The summed E-state index contributed by atoms with van der Waals surface area (Å²) in [5, 5.41) is 9.41. The summed E-state index contributed by atoms with van der Waals surface area (Å²) in [5.41, 5.74) is -0.199. The van der Waals surface area contributed by atoms with Gasteiger partial charge in [-0.3, -0.25) is 0 Å². The molecule has 22 heavy (non-hydrogen) atoms. The summed E-state index contributed by atoms with van der Waals surface area (Å²) in [4.78, 5) is 47.5. The van der Waals surface area contributed by atoms with Gasteiger partial charge < -0.3 is 9.47 Å². The molecule has 0 unspecified atom stereocenters. The maximum absolute atomic E-state index is 12.0. The van der Waals surface area contributed by atoms with E-state index < -0.39 is 23.9 Å². The van der Waals surface area contributed by atoms with Crippen molar-refractivity contribution in [3.05, 3.63) is 46.0 Å². The van der Waals surface area contributed by atoms with Gasteiger partial charge in [0.15, 0.2) is 0 Å². The molecule has 2 aromatic carbocycles. The third-order valence-corrected chi connectivity index (χ3v) is 3.64. The fraction of sp³-hybridized carbons (Fsp3) is 0. The van der Waals surface area contributed by atoms with Gasteiger partial charge in [0.2, 0.25) is 0 Å². The van der Waals surface area contributed by atoms with Crippen LogP contribution in [0.2, 0.25) is 0 Å². The number of nitrogens with zero attached hydrogens (tertiary/aromatic N) is 1. The molecule has 7 nitrogen and oxygen atoms in total. The van der Waals surface area contributed by atoms with Gasteiger partial charge in [-0.2, -0.15) is 5.26 Å². The van der Waals surface area contributed by atoms with Crippen LogP contribution in [-0.4, -0.2) is 23.9 Å². The minimum atomic E-state index is -0.982. The molecule has 7 heteroatoms. The first kappa shape index (κ1) is 12.2. The van der Waals surface area contributed by atoms with E-state index >= 15 is 0 Å². The van der Waals surface area contributed by atoms with Crippen molar-refractivity contribution in [2.45, 2.75) is 0 Å². The van der Waals surface area contributed by atoms with Gasteiger partial charge in [-0.05, 0) is 18.2 Å². The van der Waals surface area contributed by atoms with E-state index in [0.717, 1.165) is 6.07 Å². The summed E-state index contributed by atoms with van der Waals surface area (Å²) in [7, 11) is 0. The number of hydrogen-bond donors (Lipinski definition) is 0. The van der Waals surface area contributed by atoms with Crippen molar-refractivity contribution >= 4 is 34.6 Å². The van der Waals surface area contributed by atoms with E-state index in [9.17, 15) is 24.4 Å². The van der Waals surface area contributed by atoms with Crippen LogP contribution in [-0.2, 0) is 9.47 Å². The van der Waals surface area contributed by atoms with Crippen LogP contribution in [0.5, 0.6) is 0 Å². The fourth-order valence-corrected chi connectivity index (χ4v) is 2.75. The van der Waals surface area contributed by atoms with E-state index in [4.69, 9.17) is 0 Å². The van der Waals surface area contributed by atoms with Crippen LogP contribution in [0, 0.1) is 11.3 Å². The van der Waals surface area contributed by atoms with E-state index in [2.05, 4.69) is 9.47 Å². The van der Waals surface area contributed by atoms with Crippen molar-refractivity contribution in [3.63, 3.8) is 0 Å². The molecule has 0 spiro atoms. The predicted octanol–water partition coefficient (Wildman–Crippen LogP) is 1.33. The second-order valence-corrected chi connectivity index (χ2v) is 4.72. The monoisotopic (exact) mass is 293 g/mol. The molecule has 104 valence electrons. The van der Waals surface area contributed by atoms with Crippen LogP contribution in [0.1, 0.15) is 47.0 Å². The van der Waals surface area contributed by atoms with Crippen LogP contribution >= 0.6 is 0 Å². The zero-order valence-corrected chi connectivity index (χ0v) is 10.6. The molecule has 0 amide bonds. The lowest BCUT2D eigenvalue weighted by atomic mass is 9.87. The quantitative estimate of drug-likeness (QED) is 0.532. The number of cyclic esters (lactones) is 4. The summed E-state index contributed by atoms with van der Waals surface area (Å²) in [6, 6.07) is 5.58. The number of benzene rings is 2. The summed E-state index contributed by atoms with van der Waals surface area (Å²) in [6.45, 7) is 0. The standard InChI is InChI=1S/C15H3NO6/c16-4-5-3-8-10-6(12(17)21-14(8)19)1-2-7-11(10)9(5)15(20)22-13(7)18/h1-3H. The number of carbonyl (C=O) groups excluding carboxylic acids is 4. The normalized spacial score (nSPS) is 15.4. The second-order valence-electron chi connectivity index (χ2n) is 4.72. The molecular formula is C15H3NO6. The van der Waals surface area contributed by atoms with Crippen molar-refractivity contribution in [2.75, 3.05) is 0 Å². The fourth-order valence-electron chi connectivity index (χ4n) is 2.75. The molecule has 0 aromatic heterocycles. The highest BCUT2D eigenvalue weighted by atomic mass is 16.6. The highest BCUT2D eigenvalue weighted by Gasteiger charge is 2.37. The van der Waals surface area contributed by atoms with Crippen molar-refractivity contribution in [2.24, 2.45) is 0 Å². The highest BCUT2D eigenvalue weighted by Crippen LogP contribution is 2.37. The molecule has 0 atom stereocenters. The summed E-state index contributed by atoms with van der Waals surface area (Å²) >= 11 is 0. The minimum Gasteiger partial charge on any atom is -0.386 e. The highest BCUT2D eigenvalue weighted by molar-refractivity contribution is 6.29. The zero-order chi connectivity index (χ0) is 15.6. The maximum atomic E-state index is 12.0. The van der Waals surface area contributed by atoms with Gasteiger partial charge in [0, 0.05) is 10.8 Å². The van der Waals surface area contributed by atoms with Gasteiger partial charge in [-0.1, -0.05) is 0 Å². The molecule has 0 saturated heterocycles. The Morgan fingerprint density at radius 1 is 0.773 bits per heavy atom. The molecule has 2 heterocycles. The summed E-state index contributed by atoms with van der Waals surface area (Å²) in [6.07, 6.45) is 0. The molecule has 0 bridgehead atoms. The molecule has 2 aliphatic heterocycles. The number of nitriles is 1. The molecule has 0 fully saturated rings. The van der Waals surface area contributed by atoms with Crippen LogP contribution in [0.15, 0.2) is 18.2 Å². The first-order valence-corrected chi connectivity index (χ1v) is 6.09. The Bertz CT molecular complexity index is 1010. The van der Waals surface area contributed by atoms with E-state index in [1.165, 1.54) is 12.1 Å². The van der Waals surface area contributed by atoms with E-state index in [-0.39, 0.29) is 38.6 Å². The van der Waals surface area contributed by atoms with Crippen LogP contribution in [0.4, 0.5) is 0 Å². The third-order valence-electron chi connectivity index (χ3n) is 3.64. The predicted molar refractivity (Wildman–Crippen MR) is 68.2 cm³/mol. The third kappa shape index (κ3) is 1.28. The first-order chi connectivity index (χ1) is 10.5. The zero-order valence-electron chi connectivity index (χ0n) is 10.6. The van der Waals surface area contributed by atoms with Gasteiger partial charge in [0.05, 0.1) is 27.8 Å². The van der Waals surface area contributed by atoms with Crippen molar-refractivity contribution < 1.29 is 28.7 Å². The average Bonchev–Trinajstić information content (AvgIpc) is 2.49. The van der Waals surface area contributed by atoms with Crippen LogP contribution in [0.25, 0.3) is 10.8 Å². The van der Waals surface area contributed by atoms with Gasteiger partial charge >= 0.3 is 23.9 Å². The molecular weight excluding hydrogens is 290 g/mol. The molecule has 0 aliphatic carbocycles. The number of esters is 4. The lowest BCUT2D eigenvalue weighted by molar-refractivity contribution is 0.0365. The first-order valence-electron chi connectivity index (χ1n) is 6.09. The van der Waals surface area contributed by atoms with Crippen LogP contribution in [0.3, 0.4) is 0 Å².